The lowest BCUT2D eigenvalue weighted by Crippen LogP contribution is -2.30. The van der Waals surface area contributed by atoms with Crippen LogP contribution in [0.1, 0.15) is 25.7 Å². The van der Waals surface area contributed by atoms with Crippen molar-refractivity contribution in [2.24, 2.45) is 17.2 Å². The first kappa shape index (κ1) is 20.5. The minimum atomic E-state index is -0.933. The molecular formula is C11H25N3O4S. The number of aliphatic carboxylic acids is 2. The fourth-order valence-corrected chi connectivity index (χ4v) is 1.49. The molecule has 0 aromatic heterocycles. The topological polar surface area (TPSA) is 153 Å². The van der Waals surface area contributed by atoms with Crippen molar-refractivity contribution < 1.29 is 19.8 Å². The van der Waals surface area contributed by atoms with E-state index in [2.05, 4.69) is 0 Å². The number of unbranched alkanes of at least 4 members (excludes halogenated alkanes) is 1. The van der Waals surface area contributed by atoms with Gasteiger partial charge in [0.1, 0.15) is 12.1 Å². The van der Waals surface area contributed by atoms with Gasteiger partial charge in [-0.2, -0.15) is 11.8 Å². The van der Waals surface area contributed by atoms with Crippen molar-refractivity contribution >= 4 is 23.7 Å². The lowest BCUT2D eigenvalue weighted by Gasteiger charge is -2.03. The Kier molecular flexibility index (Phi) is 14.7. The molecule has 7 nitrogen and oxygen atoms in total. The predicted octanol–water partition coefficient (Wildman–Crippen LogP) is -0.321. The van der Waals surface area contributed by atoms with E-state index in [0.29, 0.717) is 19.4 Å². The summed E-state index contributed by atoms with van der Waals surface area (Å²) in [4.78, 5) is 20.2. The highest BCUT2D eigenvalue weighted by molar-refractivity contribution is 7.98. The van der Waals surface area contributed by atoms with Crippen LogP contribution in [0.15, 0.2) is 0 Å². The van der Waals surface area contributed by atoms with Gasteiger partial charge in [-0.3, -0.25) is 9.59 Å². The summed E-state index contributed by atoms with van der Waals surface area (Å²) in [7, 11) is 0. The maximum atomic E-state index is 10.1. The Hall–Kier alpha value is -0.830. The van der Waals surface area contributed by atoms with Crippen LogP contribution in [-0.2, 0) is 9.59 Å². The van der Waals surface area contributed by atoms with Gasteiger partial charge in [0, 0.05) is 0 Å². The quantitative estimate of drug-likeness (QED) is 0.363. The molecule has 19 heavy (non-hydrogen) atoms. The highest BCUT2D eigenvalue weighted by atomic mass is 32.2. The molecule has 0 aliphatic rings. The summed E-state index contributed by atoms with van der Waals surface area (Å²) >= 11 is 1.60. The van der Waals surface area contributed by atoms with Gasteiger partial charge in [-0.25, -0.2) is 0 Å². The van der Waals surface area contributed by atoms with E-state index in [1.165, 1.54) is 0 Å². The van der Waals surface area contributed by atoms with Crippen molar-refractivity contribution in [3.05, 3.63) is 0 Å². The number of hydrogen-bond donors (Lipinski definition) is 5. The van der Waals surface area contributed by atoms with Gasteiger partial charge in [0.15, 0.2) is 0 Å². The SMILES string of the molecule is CSCC[C@H](N)C(=O)O.NCCCC[C@H](N)C(=O)O. The van der Waals surface area contributed by atoms with E-state index in [1.54, 1.807) is 11.8 Å². The third-order valence-corrected chi connectivity index (χ3v) is 2.88. The van der Waals surface area contributed by atoms with Gasteiger partial charge in [-0.1, -0.05) is 6.42 Å². The number of thioether (sulfide) groups is 1. The van der Waals surface area contributed by atoms with Crippen LogP contribution in [0.2, 0.25) is 0 Å². The van der Waals surface area contributed by atoms with Crippen molar-refractivity contribution in [2.75, 3.05) is 18.6 Å². The van der Waals surface area contributed by atoms with Gasteiger partial charge >= 0.3 is 11.9 Å². The second-order valence-corrected chi connectivity index (χ2v) is 4.94. The summed E-state index contributed by atoms with van der Waals surface area (Å²) in [5, 5.41) is 16.6. The highest BCUT2D eigenvalue weighted by Gasteiger charge is 2.09. The van der Waals surface area contributed by atoms with E-state index in [-0.39, 0.29) is 0 Å². The van der Waals surface area contributed by atoms with Gasteiger partial charge in [-0.05, 0) is 37.8 Å². The summed E-state index contributed by atoms with van der Waals surface area (Å²) in [6.45, 7) is 0.604. The van der Waals surface area contributed by atoms with E-state index in [4.69, 9.17) is 27.4 Å². The average Bonchev–Trinajstić information content (AvgIpc) is 2.36. The molecule has 0 fully saturated rings. The van der Waals surface area contributed by atoms with Crippen molar-refractivity contribution in [3.8, 4) is 0 Å². The lowest BCUT2D eigenvalue weighted by molar-refractivity contribution is -0.139. The average molecular weight is 295 g/mol. The van der Waals surface area contributed by atoms with Crippen LogP contribution in [0.25, 0.3) is 0 Å². The van der Waals surface area contributed by atoms with Crippen LogP contribution in [0.3, 0.4) is 0 Å². The number of carbonyl (C=O) groups is 2. The monoisotopic (exact) mass is 295 g/mol. The Morgan fingerprint density at radius 1 is 1.05 bits per heavy atom. The molecule has 8 heteroatoms. The molecule has 2 atom stereocenters. The number of nitrogens with two attached hydrogens (primary N) is 3. The zero-order valence-electron chi connectivity index (χ0n) is 11.2. The molecule has 0 amide bonds. The molecule has 0 rings (SSSR count). The summed E-state index contributed by atoms with van der Waals surface area (Å²) in [6, 6.07) is -1.40. The summed E-state index contributed by atoms with van der Waals surface area (Å²) < 4.78 is 0. The molecular weight excluding hydrogens is 270 g/mol. The smallest absolute Gasteiger partial charge is 0.320 e. The van der Waals surface area contributed by atoms with Crippen molar-refractivity contribution in [2.45, 2.75) is 37.8 Å². The molecule has 114 valence electrons. The second kappa shape index (κ2) is 13.6. The summed E-state index contributed by atoms with van der Waals surface area (Å²) in [5.41, 5.74) is 15.6. The van der Waals surface area contributed by atoms with Crippen molar-refractivity contribution in [3.63, 3.8) is 0 Å². The fourth-order valence-electron chi connectivity index (χ4n) is 1.00. The van der Waals surface area contributed by atoms with E-state index in [1.807, 2.05) is 6.26 Å². The maximum Gasteiger partial charge on any atom is 0.320 e. The minimum absolute atomic E-state index is 0.520. The highest BCUT2D eigenvalue weighted by Crippen LogP contribution is 1.98. The van der Waals surface area contributed by atoms with Crippen molar-refractivity contribution in [1.82, 2.24) is 0 Å². The molecule has 0 radical (unpaired) electrons. The predicted molar refractivity (Wildman–Crippen MR) is 77.1 cm³/mol. The molecule has 0 heterocycles. The van der Waals surface area contributed by atoms with Crippen molar-refractivity contribution in [1.29, 1.82) is 0 Å². The maximum absolute atomic E-state index is 10.1. The van der Waals surface area contributed by atoms with Crippen LogP contribution >= 0.6 is 11.8 Å². The van der Waals surface area contributed by atoms with Gasteiger partial charge in [-0.15, -0.1) is 0 Å². The van der Waals surface area contributed by atoms with Crippen LogP contribution in [0.4, 0.5) is 0 Å². The normalized spacial score (nSPS) is 13.1. The molecule has 0 aliphatic carbocycles. The Morgan fingerprint density at radius 2 is 1.53 bits per heavy atom. The minimum Gasteiger partial charge on any atom is -0.480 e. The first-order chi connectivity index (χ1) is 8.86. The summed E-state index contributed by atoms with van der Waals surface area (Å²) in [6.07, 6.45) is 4.64. The molecule has 0 spiro atoms. The van der Waals surface area contributed by atoms with E-state index >= 15 is 0 Å². The lowest BCUT2D eigenvalue weighted by atomic mass is 10.1. The molecule has 0 bridgehead atoms. The molecule has 8 N–H and O–H groups in total. The Morgan fingerprint density at radius 3 is 1.89 bits per heavy atom. The van der Waals surface area contributed by atoms with Crippen LogP contribution < -0.4 is 17.2 Å². The van der Waals surface area contributed by atoms with E-state index < -0.39 is 24.0 Å². The Labute approximate surface area is 117 Å². The number of rotatable bonds is 9. The summed E-state index contributed by atoms with van der Waals surface area (Å²) in [5.74, 6) is -1.03. The van der Waals surface area contributed by atoms with Crippen LogP contribution in [-0.4, -0.2) is 52.8 Å². The van der Waals surface area contributed by atoms with E-state index in [9.17, 15) is 9.59 Å². The van der Waals surface area contributed by atoms with Crippen LogP contribution in [0, 0.1) is 0 Å². The number of carboxylic acid groups (broad SMARTS) is 2. The van der Waals surface area contributed by atoms with Gasteiger partial charge < -0.3 is 27.4 Å². The zero-order chi connectivity index (χ0) is 15.3. The third kappa shape index (κ3) is 15.1. The molecule has 0 aliphatic heterocycles. The number of carboxylic acids is 2. The molecule has 0 unspecified atom stereocenters. The third-order valence-electron chi connectivity index (χ3n) is 2.24. The molecule has 0 saturated carbocycles. The van der Waals surface area contributed by atoms with Gasteiger partial charge in [0.2, 0.25) is 0 Å². The molecule has 0 aromatic carbocycles. The van der Waals surface area contributed by atoms with Gasteiger partial charge in [0.05, 0.1) is 0 Å². The van der Waals surface area contributed by atoms with E-state index in [0.717, 1.165) is 18.6 Å². The second-order valence-electron chi connectivity index (χ2n) is 3.96. The van der Waals surface area contributed by atoms with Crippen LogP contribution in [0.5, 0.6) is 0 Å². The standard InChI is InChI=1S/C6H14N2O2.C5H11NO2S/c7-4-2-1-3-5(8)6(9)10;1-9-3-2-4(6)5(7)8/h5H,1-4,7-8H2,(H,9,10);4H,2-3,6H2,1H3,(H,7,8)/t5-;4-/m00/s1. The molecule has 0 aromatic rings. The number of hydrogen-bond acceptors (Lipinski definition) is 6. The Balaban J connectivity index is 0. The first-order valence-electron chi connectivity index (χ1n) is 6.02. The Bertz CT molecular complexity index is 254. The fraction of sp³-hybridized carbons (Fsp3) is 0.818. The molecule has 0 saturated heterocycles. The zero-order valence-corrected chi connectivity index (χ0v) is 12.1. The van der Waals surface area contributed by atoms with Gasteiger partial charge in [0.25, 0.3) is 0 Å². The largest absolute Gasteiger partial charge is 0.480 e. The first-order valence-corrected chi connectivity index (χ1v) is 7.41.